The zero-order valence-corrected chi connectivity index (χ0v) is 14.9. The van der Waals surface area contributed by atoms with E-state index in [4.69, 9.17) is 10.3 Å². The Kier molecular flexibility index (Phi) is 7.53. The van der Waals surface area contributed by atoms with E-state index in [1.807, 2.05) is 26.0 Å². The molecule has 0 bridgehead atoms. The summed E-state index contributed by atoms with van der Waals surface area (Å²) in [5, 5.41) is 7.02. The lowest BCUT2D eigenvalue weighted by Gasteiger charge is -2.18. The van der Waals surface area contributed by atoms with Gasteiger partial charge in [0.1, 0.15) is 6.04 Å². The van der Waals surface area contributed by atoms with Crippen LogP contribution in [0.4, 0.5) is 0 Å². The van der Waals surface area contributed by atoms with Crippen LogP contribution in [0.1, 0.15) is 57.9 Å². The molecular weight excluding hydrogens is 318 g/mol. The van der Waals surface area contributed by atoms with E-state index < -0.39 is 0 Å². The first-order valence-electron chi connectivity index (χ1n) is 8.85. The standard InChI is InChI=1S/C18H27N5O2/c1-13(2)16(21-15(24)9-5-3-4-6-10-19)18-22-17(23-25-18)14-8-7-11-20-12-14/h7-8,11-13,16H,3-6,9-10,19H2,1-2H3,(H,21,24). The van der Waals surface area contributed by atoms with Crippen LogP contribution in [0.25, 0.3) is 11.4 Å². The summed E-state index contributed by atoms with van der Waals surface area (Å²) in [6, 6.07) is 3.39. The Morgan fingerprint density at radius 2 is 2.08 bits per heavy atom. The summed E-state index contributed by atoms with van der Waals surface area (Å²) in [6.45, 7) is 4.73. The maximum absolute atomic E-state index is 12.2. The summed E-state index contributed by atoms with van der Waals surface area (Å²) in [5.74, 6) is 1.05. The molecule has 0 saturated carbocycles. The predicted octanol–water partition coefficient (Wildman–Crippen LogP) is 2.85. The fourth-order valence-electron chi connectivity index (χ4n) is 2.52. The van der Waals surface area contributed by atoms with Gasteiger partial charge in [0.2, 0.25) is 17.6 Å². The van der Waals surface area contributed by atoms with Gasteiger partial charge in [0.05, 0.1) is 0 Å². The number of hydrogen-bond acceptors (Lipinski definition) is 6. The highest BCUT2D eigenvalue weighted by atomic mass is 16.5. The van der Waals surface area contributed by atoms with Gasteiger partial charge in [-0.15, -0.1) is 0 Å². The van der Waals surface area contributed by atoms with Gasteiger partial charge in [0.15, 0.2) is 0 Å². The first kappa shape index (κ1) is 19.1. The summed E-state index contributed by atoms with van der Waals surface area (Å²) in [5.41, 5.74) is 6.26. The fourth-order valence-corrected chi connectivity index (χ4v) is 2.52. The maximum atomic E-state index is 12.2. The summed E-state index contributed by atoms with van der Waals surface area (Å²) in [4.78, 5) is 20.7. The number of unbranched alkanes of at least 4 members (excludes halogenated alkanes) is 3. The number of nitrogens with two attached hydrogens (primary N) is 1. The Bertz CT molecular complexity index is 642. The minimum absolute atomic E-state index is 0.00702. The minimum Gasteiger partial charge on any atom is -0.344 e. The van der Waals surface area contributed by atoms with Crippen molar-refractivity contribution in [1.82, 2.24) is 20.4 Å². The van der Waals surface area contributed by atoms with Crippen molar-refractivity contribution in [3.05, 3.63) is 30.4 Å². The SMILES string of the molecule is CC(C)C(NC(=O)CCCCCCN)c1nc(-c2cccnc2)no1. The molecule has 1 unspecified atom stereocenters. The molecule has 2 heterocycles. The van der Waals surface area contributed by atoms with Crippen LogP contribution in [0.15, 0.2) is 29.0 Å². The molecular formula is C18H27N5O2. The van der Waals surface area contributed by atoms with Crippen LogP contribution in [-0.2, 0) is 4.79 Å². The molecule has 136 valence electrons. The number of carbonyl (C=O) groups excluding carboxylic acids is 1. The third kappa shape index (κ3) is 5.94. The number of carbonyl (C=O) groups is 1. The number of nitrogens with zero attached hydrogens (tertiary/aromatic N) is 3. The van der Waals surface area contributed by atoms with Gasteiger partial charge in [-0.25, -0.2) is 0 Å². The summed E-state index contributed by atoms with van der Waals surface area (Å²) < 4.78 is 5.38. The quantitative estimate of drug-likeness (QED) is 0.641. The molecule has 0 spiro atoms. The van der Waals surface area contributed by atoms with E-state index in [1.165, 1.54) is 0 Å². The monoisotopic (exact) mass is 345 g/mol. The Labute approximate surface area is 148 Å². The van der Waals surface area contributed by atoms with E-state index in [2.05, 4.69) is 20.4 Å². The van der Waals surface area contributed by atoms with E-state index in [1.54, 1.807) is 12.4 Å². The first-order chi connectivity index (χ1) is 12.1. The van der Waals surface area contributed by atoms with E-state index in [9.17, 15) is 4.79 Å². The second-order valence-electron chi connectivity index (χ2n) is 6.44. The third-order valence-corrected chi connectivity index (χ3v) is 3.97. The normalized spacial score (nSPS) is 12.3. The second kappa shape index (κ2) is 9.88. The van der Waals surface area contributed by atoms with E-state index >= 15 is 0 Å². The van der Waals surface area contributed by atoms with E-state index in [0.29, 0.717) is 24.7 Å². The predicted molar refractivity (Wildman–Crippen MR) is 95.4 cm³/mol. The Hall–Kier alpha value is -2.28. The van der Waals surface area contributed by atoms with Crippen LogP contribution in [-0.4, -0.2) is 27.6 Å². The molecule has 1 amide bonds. The molecule has 2 rings (SSSR count). The second-order valence-corrected chi connectivity index (χ2v) is 6.44. The molecule has 0 aliphatic rings. The smallest absolute Gasteiger partial charge is 0.249 e. The van der Waals surface area contributed by atoms with Crippen molar-refractivity contribution in [1.29, 1.82) is 0 Å². The third-order valence-electron chi connectivity index (χ3n) is 3.97. The molecule has 0 aliphatic carbocycles. The van der Waals surface area contributed by atoms with Gasteiger partial charge in [-0.2, -0.15) is 4.98 Å². The molecule has 2 aromatic heterocycles. The summed E-state index contributed by atoms with van der Waals surface area (Å²) >= 11 is 0. The molecule has 0 fully saturated rings. The van der Waals surface area contributed by atoms with Crippen molar-refractivity contribution in [2.45, 2.75) is 52.0 Å². The first-order valence-corrected chi connectivity index (χ1v) is 8.85. The Balaban J connectivity index is 1.94. The van der Waals surface area contributed by atoms with E-state index in [0.717, 1.165) is 31.2 Å². The average molecular weight is 345 g/mol. The number of nitrogens with one attached hydrogen (secondary N) is 1. The summed E-state index contributed by atoms with van der Waals surface area (Å²) in [6.07, 6.45) is 7.82. The van der Waals surface area contributed by atoms with Gasteiger partial charge in [0.25, 0.3) is 0 Å². The van der Waals surface area contributed by atoms with Crippen molar-refractivity contribution in [2.75, 3.05) is 6.54 Å². The Morgan fingerprint density at radius 3 is 2.76 bits per heavy atom. The lowest BCUT2D eigenvalue weighted by molar-refractivity contribution is -0.122. The Morgan fingerprint density at radius 1 is 1.28 bits per heavy atom. The highest BCUT2D eigenvalue weighted by Gasteiger charge is 2.24. The van der Waals surface area contributed by atoms with Crippen LogP contribution in [0, 0.1) is 5.92 Å². The van der Waals surface area contributed by atoms with Gasteiger partial charge >= 0.3 is 0 Å². The molecule has 0 saturated heterocycles. The lowest BCUT2D eigenvalue weighted by Crippen LogP contribution is -2.31. The molecule has 7 heteroatoms. The van der Waals surface area contributed by atoms with Crippen molar-refractivity contribution < 1.29 is 9.32 Å². The van der Waals surface area contributed by atoms with E-state index in [-0.39, 0.29) is 17.9 Å². The topological polar surface area (TPSA) is 107 Å². The largest absolute Gasteiger partial charge is 0.344 e. The zero-order chi connectivity index (χ0) is 18.1. The van der Waals surface area contributed by atoms with Crippen molar-refractivity contribution >= 4 is 5.91 Å². The molecule has 0 aliphatic heterocycles. The number of aromatic nitrogens is 3. The summed E-state index contributed by atoms with van der Waals surface area (Å²) in [7, 11) is 0. The molecule has 1 atom stereocenters. The van der Waals surface area contributed by atoms with Gasteiger partial charge in [-0.1, -0.05) is 31.8 Å². The van der Waals surface area contributed by atoms with Crippen LogP contribution >= 0.6 is 0 Å². The molecule has 2 aromatic rings. The van der Waals surface area contributed by atoms with Crippen LogP contribution in [0.5, 0.6) is 0 Å². The van der Waals surface area contributed by atoms with Crippen molar-refractivity contribution in [3.63, 3.8) is 0 Å². The van der Waals surface area contributed by atoms with Gasteiger partial charge < -0.3 is 15.6 Å². The van der Waals surface area contributed by atoms with Crippen molar-refractivity contribution in [2.24, 2.45) is 11.7 Å². The molecule has 3 N–H and O–H groups in total. The van der Waals surface area contributed by atoms with Gasteiger partial charge in [0, 0.05) is 24.4 Å². The van der Waals surface area contributed by atoms with Crippen LogP contribution in [0.3, 0.4) is 0 Å². The average Bonchev–Trinajstić information content (AvgIpc) is 3.09. The molecule has 7 nitrogen and oxygen atoms in total. The number of pyridine rings is 1. The zero-order valence-electron chi connectivity index (χ0n) is 14.9. The van der Waals surface area contributed by atoms with Crippen molar-refractivity contribution in [3.8, 4) is 11.4 Å². The lowest BCUT2D eigenvalue weighted by atomic mass is 10.0. The minimum atomic E-state index is -0.297. The van der Waals surface area contributed by atoms with Gasteiger partial charge in [-0.05, 0) is 37.4 Å². The van der Waals surface area contributed by atoms with Gasteiger partial charge in [-0.3, -0.25) is 9.78 Å². The molecule has 25 heavy (non-hydrogen) atoms. The number of amides is 1. The van der Waals surface area contributed by atoms with Crippen LogP contribution < -0.4 is 11.1 Å². The highest BCUT2D eigenvalue weighted by molar-refractivity contribution is 5.76. The number of hydrogen-bond donors (Lipinski definition) is 2. The number of rotatable bonds is 10. The molecule has 0 aromatic carbocycles. The maximum Gasteiger partial charge on any atom is 0.249 e. The fraction of sp³-hybridized carbons (Fsp3) is 0.556. The highest BCUT2D eigenvalue weighted by Crippen LogP contribution is 2.23. The van der Waals surface area contributed by atoms with Crippen LogP contribution in [0.2, 0.25) is 0 Å². The molecule has 0 radical (unpaired) electrons.